The fraction of sp³-hybridized carbons (Fsp3) is 0.533. The lowest BCUT2D eigenvalue weighted by atomic mass is 10.1. The molecule has 1 aromatic rings. The molecule has 97 valence electrons. The Bertz CT molecular complexity index is 377. The van der Waals surface area contributed by atoms with E-state index in [1.165, 1.54) is 19.3 Å². The zero-order chi connectivity index (χ0) is 13.4. The van der Waals surface area contributed by atoms with Gasteiger partial charge in [0.05, 0.1) is 11.7 Å². The number of carbonyl (C=O) groups excluding carboxylic acids is 1. The standard InChI is InChI=1S/C15H21O2Si/c1-3-5-6-9-12(4-2)17-14-11-8-7-10-13(14)15(16)18/h7-8,10-12H,3-6,9H2,1-2H3. The smallest absolute Gasteiger partial charge is 0.136 e. The summed E-state index contributed by atoms with van der Waals surface area (Å²) < 4.78 is 5.95. The van der Waals surface area contributed by atoms with E-state index in [4.69, 9.17) is 4.74 Å². The third kappa shape index (κ3) is 4.65. The molecule has 1 rings (SSSR count). The molecular formula is C15H21O2Si. The van der Waals surface area contributed by atoms with Crippen LogP contribution in [0.25, 0.3) is 0 Å². The van der Waals surface area contributed by atoms with Gasteiger partial charge in [-0.2, -0.15) is 0 Å². The van der Waals surface area contributed by atoms with Gasteiger partial charge in [-0.1, -0.05) is 38.8 Å². The Labute approximate surface area is 113 Å². The normalized spacial score (nSPS) is 12.2. The van der Waals surface area contributed by atoms with Crippen LogP contribution in [0.15, 0.2) is 24.3 Å². The number of hydrogen-bond acceptors (Lipinski definition) is 2. The van der Waals surface area contributed by atoms with Crippen LogP contribution >= 0.6 is 0 Å². The molecule has 0 N–H and O–H groups in total. The van der Waals surface area contributed by atoms with E-state index in [-0.39, 0.29) is 11.5 Å². The molecule has 18 heavy (non-hydrogen) atoms. The first-order chi connectivity index (χ1) is 8.69. The van der Waals surface area contributed by atoms with E-state index in [2.05, 4.69) is 24.1 Å². The highest BCUT2D eigenvalue weighted by molar-refractivity contribution is 6.62. The maximum Gasteiger partial charge on any atom is 0.136 e. The van der Waals surface area contributed by atoms with E-state index in [9.17, 15) is 4.79 Å². The second-order valence-corrected chi connectivity index (χ2v) is 4.92. The van der Waals surface area contributed by atoms with Crippen LogP contribution in [0, 0.1) is 0 Å². The van der Waals surface area contributed by atoms with Gasteiger partial charge in [0.2, 0.25) is 0 Å². The molecule has 0 aliphatic heterocycles. The number of benzene rings is 1. The number of carbonyl (C=O) groups is 1. The van der Waals surface area contributed by atoms with E-state index in [0.29, 0.717) is 11.3 Å². The van der Waals surface area contributed by atoms with Gasteiger partial charge in [-0.25, -0.2) is 0 Å². The highest BCUT2D eigenvalue weighted by Gasteiger charge is 2.12. The van der Waals surface area contributed by atoms with E-state index >= 15 is 0 Å². The minimum absolute atomic E-state index is 0.131. The van der Waals surface area contributed by atoms with Crippen molar-refractivity contribution in [1.29, 1.82) is 0 Å². The molecule has 0 aromatic heterocycles. The molecule has 0 spiro atoms. The molecule has 1 atom stereocenters. The van der Waals surface area contributed by atoms with Crippen molar-refractivity contribution in [2.75, 3.05) is 0 Å². The molecule has 3 heteroatoms. The van der Waals surface area contributed by atoms with Gasteiger partial charge in [0.15, 0.2) is 0 Å². The lowest BCUT2D eigenvalue weighted by Crippen LogP contribution is -2.17. The number of hydrogen-bond donors (Lipinski definition) is 0. The van der Waals surface area contributed by atoms with Crippen molar-refractivity contribution in [3.05, 3.63) is 29.8 Å². The van der Waals surface area contributed by atoms with Gasteiger partial charge in [0.1, 0.15) is 21.4 Å². The summed E-state index contributed by atoms with van der Waals surface area (Å²) in [4.78, 5) is 11.4. The molecule has 1 aromatic carbocycles. The minimum Gasteiger partial charge on any atom is -0.490 e. The molecule has 1 unspecified atom stereocenters. The third-order valence-corrected chi connectivity index (χ3v) is 3.28. The Morgan fingerprint density at radius 3 is 2.61 bits per heavy atom. The van der Waals surface area contributed by atoms with Gasteiger partial charge in [-0.3, -0.25) is 0 Å². The van der Waals surface area contributed by atoms with Crippen molar-refractivity contribution in [3.8, 4) is 5.75 Å². The predicted molar refractivity (Wildman–Crippen MR) is 75.4 cm³/mol. The lowest BCUT2D eigenvalue weighted by molar-refractivity contribution is 0.107. The second kappa shape index (κ2) is 8.09. The second-order valence-electron chi connectivity index (χ2n) is 4.47. The summed E-state index contributed by atoms with van der Waals surface area (Å²) in [5.41, 5.74) is 0.600. The van der Waals surface area contributed by atoms with Crippen LogP contribution in [-0.4, -0.2) is 21.8 Å². The monoisotopic (exact) mass is 261 g/mol. The fourth-order valence-corrected chi connectivity index (χ4v) is 2.11. The SMILES string of the molecule is CCCCCC(CC)Oc1ccccc1C(=O)[Si]. The summed E-state index contributed by atoms with van der Waals surface area (Å²) >= 11 is 0. The van der Waals surface area contributed by atoms with Crippen molar-refractivity contribution in [2.24, 2.45) is 0 Å². The van der Waals surface area contributed by atoms with E-state index in [0.717, 1.165) is 12.8 Å². The molecule has 0 bridgehead atoms. The van der Waals surface area contributed by atoms with Gasteiger partial charge < -0.3 is 9.53 Å². The van der Waals surface area contributed by atoms with Crippen LogP contribution in [0.3, 0.4) is 0 Å². The minimum atomic E-state index is -0.131. The molecule has 0 saturated heterocycles. The molecule has 0 heterocycles. The Balaban J connectivity index is 2.66. The van der Waals surface area contributed by atoms with Gasteiger partial charge in [-0.05, 0) is 31.4 Å². The molecule has 0 fully saturated rings. The highest BCUT2D eigenvalue weighted by atomic mass is 28.1. The van der Waals surface area contributed by atoms with E-state index in [1.54, 1.807) is 6.07 Å². The molecule has 0 amide bonds. The lowest BCUT2D eigenvalue weighted by Gasteiger charge is -2.19. The maximum absolute atomic E-state index is 11.4. The Morgan fingerprint density at radius 1 is 1.28 bits per heavy atom. The van der Waals surface area contributed by atoms with Crippen LogP contribution in [0.2, 0.25) is 0 Å². The summed E-state index contributed by atoms with van der Waals surface area (Å²) in [5, 5.41) is -0.131. The predicted octanol–water partition coefficient (Wildman–Crippen LogP) is 3.73. The quantitative estimate of drug-likeness (QED) is 0.526. The van der Waals surface area contributed by atoms with Crippen LogP contribution in [0.5, 0.6) is 5.75 Å². The van der Waals surface area contributed by atoms with Crippen molar-refractivity contribution >= 4 is 15.6 Å². The summed E-state index contributed by atoms with van der Waals surface area (Å²) in [6.07, 6.45) is 5.84. The zero-order valence-electron chi connectivity index (χ0n) is 11.2. The molecule has 2 nitrogen and oxygen atoms in total. The van der Waals surface area contributed by atoms with Gasteiger partial charge in [0.25, 0.3) is 0 Å². The van der Waals surface area contributed by atoms with Crippen molar-refractivity contribution in [2.45, 2.75) is 52.1 Å². The number of unbranched alkanes of at least 4 members (excludes halogenated alkanes) is 2. The molecule has 0 saturated carbocycles. The third-order valence-electron chi connectivity index (χ3n) is 3.01. The Morgan fingerprint density at radius 2 is 2.00 bits per heavy atom. The first-order valence-corrected chi connectivity index (χ1v) is 7.20. The summed E-state index contributed by atoms with van der Waals surface area (Å²) in [6.45, 7) is 4.31. The molecule has 0 aliphatic rings. The number of ether oxygens (including phenoxy) is 1. The average molecular weight is 261 g/mol. The Kier molecular flexibility index (Phi) is 6.72. The largest absolute Gasteiger partial charge is 0.490 e. The number of para-hydroxylation sites is 1. The van der Waals surface area contributed by atoms with Crippen LogP contribution < -0.4 is 4.74 Å². The van der Waals surface area contributed by atoms with Gasteiger partial charge in [0, 0.05) is 0 Å². The van der Waals surface area contributed by atoms with Gasteiger partial charge >= 0.3 is 0 Å². The molecule has 3 radical (unpaired) electrons. The number of rotatable bonds is 8. The summed E-state index contributed by atoms with van der Waals surface area (Å²) in [5.74, 6) is 0.681. The average Bonchev–Trinajstić information content (AvgIpc) is 2.38. The van der Waals surface area contributed by atoms with Crippen molar-refractivity contribution in [3.63, 3.8) is 0 Å². The van der Waals surface area contributed by atoms with Crippen LogP contribution in [-0.2, 0) is 0 Å². The van der Waals surface area contributed by atoms with Crippen LogP contribution in [0.1, 0.15) is 56.3 Å². The van der Waals surface area contributed by atoms with E-state index in [1.807, 2.05) is 18.2 Å². The molecule has 0 aliphatic carbocycles. The zero-order valence-corrected chi connectivity index (χ0v) is 12.2. The maximum atomic E-state index is 11.4. The van der Waals surface area contributed by atoms with Crippen molar-refractivity contribution < 1.29 is 9.53 Å². The van der Waals surface area contributed by atoms with Crippen molar-refractivity contribution in [1.82, 2.24) is 0 Å². The Hall–Kier alpha value is -1.09. The van der Waals surface area contributed by atoms with Gasteiger partial charge in [-0.15, -0.1) is 0 Å². The fourth-order valence-electron chi connectivity index (χ4n) is 1.90. The van der Waals surface area contributed by atoms with E-state index < -0.39 is 0 Å². The summed E-state index contributed by atoms with van der Waals surface area (Å²) in [6, 6.07) is 7.38. The first-order valence-electron chi connectivity index (χ1n) is 6.70. The topological polar surface area (TPSA) is 26.3 Å². The highest BCUT2D eigenvalue weighted by Crippen LogP contribution is 2.22. The first kappa shape index (κ1) is 15.0. The van der Waals surface area contributed by atoms with Crippen LogP contribution in [0.4, 0.5) is 0 Å². The molecular weight excluding hydrogens is 240 g/mol. The summed E-state index contributed by atoms with van der Waals surface area (Å²) in [7, 11) is 3.04.